The van der Waals surface area contributed by atoms with Gasteiger partial charge in [0.1, 0.15) is 11.6 Å². The summed E-state index contributed by atoms with van der Waals surface area (Å²) in [4.78, 5) is 25.6. The number of ether oxygens (including phenoxy) is 1. The number of amides is 1. The fourth-order valence-corrected chi connectivity index (χ4v) is 2.31. The number of carbonyl (C=O) groups is 2. The maximum atomic E-state index is 13.0. The number of nitrogens with zero attached hydrogens (tertiary/aromatic N) is 1. The maximum Gasteiger partial charge on any atom is 0.374 e. The number of para-hydroxylation sites is 1. The van der Waals surface area contributed by atoms with Crippen molar-refractivity contribution in [2.75, 3.05) is 18.6 Å². The molecule has 3 aromatic rings. The molecule has 0 aliphatic carbocycles. The molecule has 1 amide bonds. The fourth-order valence-electron chi connectivity index (χ4n) is 2.31. The van der Waals surface area contributed by atoms with E-state index in [0.717, 1.165) is 0 Å². The smallest absolute Gasteiger partial charge is 0.374 e. The number of carbonyl (C=O) groups excluding carboxylic acids is 2. The van der Waals surface area contributed by atoms with E-state index in [1.807, 2.05) is 18.2 Å². The Morgan fingerprint density at radius 1 is 1.00 bits per heavy atom. The zero-order chi connectivity index (χ0) is 18.5. The number of rotatable bonds is 5. The lowest BCUT2D eigenvalue weighted by atomic mass is 10.2. The van der Waals surface area contributed by atoms with Crippen LogP contribution >= 0.6 is 0 Å². The van der Waals surface area contributed by atoms with Crippen LogP contribution in [0.1, 0.15) is 10.6 Å². The van der Waals surface area contributed by atoms with Crippen LogP contribution in [0.3, 0.4) is 0 Å². The zero-order valence-electron chi connectivity index (χ0n) is 14.0. The van der Waals surface area contributed by atoms with Gasteiger partial charge in [0.25, 0.3) is 5.91 Å². The van der Waals surface area contributed by atoms with Crippen LogP contribution in [0.5, 0.6) is 0 Å². The third-order valence-corrected chi connectivity index (χ3v) is 3.78. The lowest BCUT2D eigenvalue weighted by Gasteiger charge is -2.16. The van der Waals surface area contributed by atoms with Crippen molar-refractivity contribution in [2.45, 2.75) is 0 Å². The lowest BCUT2D eigenvalue weighted by molar-refractivity contribution is -0.121. The van der Waals surface area contributed by atoms with Gasteiger partial charge < -0.3 is 14.1 Å². The number of furan rings is 1. The van der Waals surface area contributed by atoms with Crippen molar-refractivity contribution in [3.8, 4) is 11.3 Å². The number of anilines is 1. The van der Waals surface area contributed by atoms with E-state index in [-0.39, 0.29) is 17.5 Å². The number of benzene rings is 2. The maximum absolute atomic E-state index is 13.0. The standard InChI is InChI=1S/C20H16FNO4/c1-22(16-5-3-2-4-6-16)19(23)13-25-20(24)18-12-11-17(26-18)14-7-9-15(21)10-8-14/h2-12H,13H2,1H3. The first-order valence-electron chi connectivity index (χ1n) is 7.89. The summed E-state index contributed by atoms with van der Waals surface area (Å²) in [6, 6.07) is 17.7. The minimum atomic E-state index is -0.742. The molecular weight excluding hydrogens is 337 g/mol. The first kappa shape index (κ1) is 17.4. The van der Waals surface area contributed by atoms with E-state index in [4.69, 9.17) is 9.15 Å². The molecule has 0 unspecified atom stereocenters. The number of halogens is 1. The molecule has 0 aliphatic rings. The molecule has 0 aliphatic heterocycles. The van der Waals surface area contributed by atoms with Gasteiger partial charge in [0.05, 0.1) is 0 Å². The zero-order valence-corrected chi connectivity index (χ0v) is 14.0. The highest BCUT2D eigenvalue weighted by Gasteiger charge is 2.17. The summed E-state index contributed by atoms with van der Waals surface area (Å²) in [6.07, 6.45) is 0. The summed E-state index contributed by atoms with van der Waals surface area (Å²) >= 11 is 0. The average Bonchev–Trinajstić information content (AvgIpc) is 3.16. The highest BCUT2D eigenvalue weighted by atomic mass is 19.1. The molecule has 0 N–H and O–H groups in total. The number of likely N-dealkylation sites (N-methyl/N-ethyl adjacent to an activating group) is 1. The molecule has 0 atom stereocenters. The molecule has 0 radical (unpaired) electrons. The van der Waals surface area contributed by atoms with E-state index >= 15 is 0 Å². The number of hydrogen-bond acceptors (Lipinski definition) is 4. The van der Waals surface area contributed by atoms with Crippen LogP contribution in [0.4, 0.5) is 10.1 Å². The second kappa shape index (κ2) is 7.65. The minimum Gasteiger partial charge on any atom is -0.450 e. The Morgan fingerprint density at radius 2 is 1.69 bits per heavy atom. The van der Waals surface area contributed by atoms with E-state index in [9.17, 15) is 14.0 Å². The Hall–Kier alpha value is -3.41. The molecule has 3 rings (SSSR count). The van der Waals surface area contributed by atoms with Crippen LogP contribution in [-0.2, 0) is 9.53 Å². The molecule has 0 saturated carbocycles. The molecule has 0 spiro atoms. The molecule has 0 fully saturated rings. The molecule has 0 bridgehead atoms. The first-order valence-corrected chi connectivity index (χ1v) is 7.89. The van der Waals surface area contributed by atoms with Crippen molar-refractivity contribution >= 4 is 17.6 Å². The average molecular weight is 353 g/mol. The topological polar surface area (TPSA) is 59.8 Å². The highest BCUT2D eigenvalue weighted by molar-refractivity contribution is 5.96. The van der Waals surface area contributed by atoms with E-state index < -0.39 is 12.6 Å². The summed E-state index contributed by atoms with van der Waals surface area (Å²) in [7, 11) is 1.60. The fraction of sp³-hybridized carbons (Fsp3) is 0.100. The van der Waals surface area contributed by atoms with Crippen molar-refractivity contribution in [2.24, 2.45) is 0 Å². The summed E-state index contributed by atoms with van der Waals surface area (Å²) in [5, 5.41) is 0. The monoisotopic (exact) mass is 353 g/mol. The van der Waals surface area contributed by atoms with Crippen molar-refractivity contribution in [3.63, 3.8) is 0 Å². The molecular formula is C20H16FNO4. The van der Waals surface area contributed by atoms with Crippen LogP contribution in [-0.4, -0.2) is 25.5 Å². The number of hydrogen-bond donors (Lipinski definition) is 0. The Labute approximate surface area is 149 Å². The second-order valence-corrected chi connectivity index (χ2v) is 5.54. The van der Waals surface area contributed by atoms with E-state index in [1.54, 1.807) is 37.4 Å². The van der Waals surface area contributed by atoms with Gasteiger partial charge in [-0.1, -0.05) is 18.2 Å². The molecule has 0 saturated heterocycles. The Bertz CT molecular complexity index is 903. The molecule has 132 valence electrons. The predicted molar refractivity (Wildman–Crippen MR) is 94.2 cm³/mol. The van der Waals surface area contributed by atoms with Gasteiger partial charge in [-0.05, 0) is 48.5 Å². The minimum absolute atomic E-state index is 0.0283. The third-order valence-electron chi connectivity index (χ3n) is 3.78. The molecule has 2 aromatic carbocycles. The van der Waals surface area contributed by atoms with Gasteiger partial charge in [-0.3, -0.25) is 4.79 Å². The van der Waals surface area contributed by atoms with Crippen molar-refractivity contribution in [1.82, 2.24) is 0 Å². The third kappa shape index (κ3) is 3.97. The van der Waals surface area contributed by atoms with Crippen molar-refractivity contribution in [1.29, 1.82) is 0 Å². The summed E-state index contributed by atoms with van der Waals surface area (Å²) in [5.41, 5.74) is 1.33. The van der Waals surface area contributed by atoms with E-state index in [1.165, 1.54) is 23.1 Å². The molecule has 6 heteroatoms. The Kier molecular flexibility index (Phi) is 5.12. The molecule has 5 nitrogen and oxygen atoms in total. The lowest BCUT2D eigenvalue weighted by Crippen LogP contribution is -2.31. The van der Waals surface area contributed by atoms with E-state index in [2.05, 4.69) is 0 Å². The van der Waals surface area contributed by atoms with Crippen LogP contribution in [0, 0.1) is 5.82 Å². The highest BCUT2D eigenvalue weighted by Crippen LogP contribution is 2.23. The van der Waals surface area contributed by atoms with Gasteiger partial charge >= 0.3 is 5.97 Å². The van der Waals surface area contributed by atoms with Crippen LogP contribution in [0.25, 0.3) is 11.3 Å². The molecule has 26 heavy (non-hydrogen) atoms. The van der Waals surface area contributed by atoms with Gasteiger partial charge in [0, 0.05) is 18.3 Å². The van der Waals surface area contributed by atoms with Gasteiger partial charge in [-0.25, -0.2) is 9.18 Å². The summed E-state index contributed by atoms with van der Waals surface area (Å²) < 4.78 is 23.4. The summed E-state index contributed by atoms with van der Waals surface area (Å²) in [5.74, 6) is -1.09. The SMILES string of the molecule is CN(C(=O)COC(=O)c1ccc(-c2ccc(F)cc2)o1)c1ccccc1. The summed E-state index contributed by atoms with van der Waals surface area (Å²) in [6.45, 7) is -0.406. The molecule has 1 heterocycles. The normalized spacial score (nSPS) is 10.4. The van der Waals surface area contributed by atoms with Crippen LogP contribution < -0.4 is 4.90 Å². The van der Waals surface area contributed by atoms with Crippen molar-refractivity contribution in [3.05, 3.63) is 78.3 Å². The van der Waals surface area contributed by atoms with Gasteiger partial charge in [0.15, 0.2) is 6.61 Å². The Balaban J connectivity index is 1.60. The van der Waals surface area contributed by atoms with Crippen LogP contribution in [0.15, 0.2) is 71.1 Å². The predicted octanol–water partition coefficient (Wildman–Crippen LogP) is 3.91. The Morgan fingerprint density at radius 3 is 2.38 bits per heavy atom. The van der Waals surface area contributed by atoms with Crippen molar-refractivity contribution < 1.29 is 23.1 Å². The van der Waals surface area contributed by atoms with Gasteiger partial charge in [-0.15, -0.1) is 0 Å². The van der Waals surface area contributed by atoms with Gasteiger partial charge in [-0.2, -0.15) is 0 Å². The van der Waals surface area contributed by atoms with Gasteiger partial charge in [0.2, 0.25) is 5.76 Å². The van der Waals surface area contributed by atoms with E-state index in [0.29, 0.717) is 17.0 Å². The number of esters is 1. The first-order chi connectivity index (χ1) is 12.5. The molecule has 1 aromatic heterocycles. The second-order valence-electron chi connectivity index (χ2n) is 5.54. The quantitative estimate of drug-likeness (QED) is 0.653. The largest absolute Gasteiger partial charge is 0.450 e. The van der Waals surface area contributed by atoms with Crippen LogP contribution in [0.2, 0.25) is 0 Å².